The van der Waals surface area contributed by atoms with E-state index in [4.69, 9.17) is 0 Å². The molecular weight excluding hydrogens is 292 g/mol. The van der Waals surface area contributed by atoms with Gasteiger partial charge in [0.25, 0.3) is 5.91 Å². The fourth-order valence-electron chi connectivity index (χ4n) is 2.62. The molecule has 2 heterocycles. The summed E-state index contributed by atoms with van der Waals surface area (Å²) in [4.78, 5) is 34.3. The quantitative estimate of drug-likeness (QED) is 0.942. The first-order valence-electron chi connectivity index (χ1n) is 7.57. The molecule has 0 unspecified atom stereocenters. The molecule has 6 nitrogen and oxygen atoms in total. The number of fused-ring (bicyclic) bond motifs is 1. The molecule has 2 amide bonds. The fraction of sp³-hybridized carbons (Fsp3) is 0.294. The summed E-state index contributed by atoms with van der Waals surface area (Å²) in [7, 11) is 0. The second kappa shape index (κ2) is 6.16. The molecule has 1 aromatic carbocycles. The third-order valence-corrected chi connectivity index (χ3v) is 3.74. The van der Waals surface area contributed by atoms with Gasteiger partial charge in [0.05, 0.1) is 12.2 Å². The number of hydrogen-bond acceptors (Lipinski definition) is 4. The lowest BCUT2D eigenvalue weighted by Crippen LogP contribution is -2.25. The highest BCUT2D eigenvalue weighted by Crippen LogP contribution is 2.23. The van der Waals surface area contributed by atoms with Gasteiger partial charge in [0.2, 0.25) is 5.91 Å². The predicted octanol–water partition coefficient (Wildman–Crippen LogP) is 2.15. The SMILES string of the molecule is CCc1ncc2c(n1)CN(C(=O)c1cccc(NC(C)=O)c1)C2. The molecule has 0 saturated carbocycles. The summed E-state index contributed by atoms with van der Waals surface area (Å²) in [6, 6.07) is 6.96. The summed E-state index contributed by atoms with van der Waals surface area (Å²) in [6.07, 6.45) is 2.59. The molecule has 0 aliphatic carbocycles. The number of nitrogens with one attached hydrogen (secondary N) is 1. The Morgan fingerprint density at radius 1 is 1.30 bits per heavy atom. The van der Waals surface area contributed by atoms with E-state index in [0.29, 0.717) is 24.3 Å². The zero-order chi connectivity index (χ0) is 16.4. The average molecular weight is 310 g/mol. The Morgan fingerprint density at radius 3 is 2.87 bits per heavy atom. The molecule has 6 heteroatoms. The van der Waals surface area contributed by atoms with E-state index < -0.39 is 0 Å². The van der Waals surface area contributed by atoms with Gasteiger partial charge in [0, 0.05) is 42.9 Å². The molecule has 1 aliphatic rings. The van der Waals surface area contributed by atoms with Gasteiger partial charge >= 0.3 is 0 Å². The lowest BCUT2D eigenvalue weighted by molar-refractivity contribution is -0.114. The molecule has 118 valence electrons. The standard InChI is InChI=1S/C17H18N4O2/c1-3-16-18-8-13-9-21(10-15(13)20-16)17(23)12-5-4-6-14(7-12)19-11(2)22/h4-8H,3,9-10H2,1-2H3,(H,19,22). The summed E-state index contributed by atoms with van der Waals surface area (Å²) < 4.78 is 0. The van der Waals surface area contributed by atoms with Crippen LogP contribution in [0.25, 0.3) is 0 Å². The van der Waals surface area contributed by atoms with E-state index in [-0.39, 0.29) is 11.8 Å². The van der Waals surface area contributed by atoms with Gasteiger partial charge in [0.15, 0.2) is 0 Å². The lowest BCUT2D eigenvalue weighted by Gasteiger charge is -2.15. The van der Waals surface area contributed by atoms with Gasteiger partial charge in [-0.2, -0.15) is 0 Å². The van der Waals surface area contributed by atoms with E-state index in [0.717, 1.165) is 23.5 Å². The van der Waals surface area contributed by atoms with Crippen LogP contribution in [0.15, 0.2) is 30.5 Å². The number of hydrogen-bond donors (Lipinski definition) is 1. The molecule has 0 spiro atoms. The van der Waals surface area contributed by atoms with Gasteiger partial charge in [-0.15, -0.1) is 0 Å². The van der Waals surface area contributed by atoms with Crippen molar-refractivity contribution in [1.82, 2.24) is 14.9 Å². The van der Waals surface area contributed by atoms with E-state index in [2.05, 4.69) is 15.3 Å². The maximum Gasteiger partial charge on any atom is 0.254 e. The molecule has 0 bridgehead atoms. The second-order valence-electron chi connectivity index (χ2n) is 5.53. The molecule has 0 radical (unpaired) electrons. The number of aryl methyl sites for hydroxylation is 1. The van der Waals surface area contributed by atoms with Crippen LogP contribution in [0.2, 0.25) is 0 Å². The number of rotatable bonds is 3. The number of carbonyl (C=O) groups excluding carboxylic acids is 2. The highest BCUT2D eigenvalue weighted by Gasteiger charge is 2.26. The van der Waals surface area contributed by atoms with Gasteiger partial charge in [0.1, 0.15) is 5.82 Å². The van der Waals surface area contributed by atoms with Crippen molar-refractivity contribution in [3.63, 3.8) is 0 Å². The molecule has 3 rings (SSSR count). The summed E-state index contributed by atoms with van der Waals surface area (Å²) in [5.41, 5.74) is 3.08. The Morgan fingerprint density at radius 2 is 2.13 bits per heavy atom. The summed E-state index contributed by atoms with van der Waals surface area (Å²) in [5, 5.41) is 2.69. The van der Waals surface area contributed by atoms with Gasteiger partial charge in [-0.1, -0.05) is 13.0 Å². The minimum Gasteiger partial charge on any atom is -0.328 e. The zero-order valence-corrected chi connectivity index (χ0v) is 13.2. The van der Waals surface area contributed by atoms with Crippen LogP contribution >= 0.6 is 0 Å². The number of anilines is 1. The highest BCUT2D eigenvalue weighted by molar-refractivity contribution is 5.97. The van der Waals surface area contributed by atoms with Crippen molar-refractivity contribution < 1.29 is 9.59 Å². The Kier molecular flexibility index (Phi) is 4.06. The number of benzene rings is 1. The Bertz CT molecular complexity index is 773. The highest BCUT2D eigenvalue weighted by atomic mass is 16.2. The Hall–Kier alpha value is -2.76. The molecule has 2 aromatic rings. The minimum absolute atomic E-state index is 0.0757. The first kappa shape index (κ1) is 15.1. The normalized spacial score (nSPS) is 12.9. The third kappa shape index (κ3) is 3.21. The van der Waals surface area contributed by atoms with Crippen molar-refractivity contribution >= 4 is 17.5 Å². The van der Waals surface area contributed by atoms with Crippen LogP contribution in [-0.2, 0) is 24.3 Å². The average Bonchev–Trinajstić information content (AvgIpc) is 2.96. The van der Waals surface area contributed by atoms with Crippen LogP contribution in [0.4, 0.5) is 5.69 Å². The van der Waals surface area contributed by atoms with Crippen LogP contribution in [0, 0.1) is 0 Å². The number of nitrogens with zero attached hydrogens (tertiary/aromatic N) is 3. The number of carbonyl (C=O) groups is 2. The second-order valence-corrected chi connectivity index (χ2v) is 5.53. The van der Waals surface area contributed by atoms with Crippen LogP contribution in [0.5, 0.6) is 0 Å². The summed E-state index contributed by atoms with van der Waals surface area (Å²) in [6.45, 7) is 4.46. The molecule has 0 atom stereocenters. The van der Waals surface area contributed by atoms with Crippen molar-refractivity contribution in [2.75, 3.05) is 5.32 Å². The maximum absolute atomic E-state index is 12.7. The van der Waals surface area contributed by atoms with Crippen molar-refractivity contribution in [2.24, 2.45) is 0 Å². The lowest BCUT2D eigenvalue weighted by atomic mass is 10.1. The van der Waals surface area contributed by atoms with Crippen LogP contribution in [0.3, 0.4) is 0 Å². The summed E-state index contributed by atoms with van der Waals surface area (Å²) >= 11 is 0. The summed E-state index contributed by atoms with van der Waals surface area (Å²) in [5.74, 6) is 0.560. The third-order valence-electron chi connectivity index (χ3n) is 3.74. The number of aromatic nitrogens is 2. The molecule has 0 fully saturated rings. The van der Waals surface area contributed by atoms with Gasteiger partial charge in [-0.25, -0.2) is 9.97 Å². The van der Waals surface area contributed by atoms with E-state index in [1.165, 1.54) is 6.92 Å². The van der Waals surface area contributed by atoms with Crippen molar-refractivity contribution in [3.05, 3.63) is 53.1 Å². The predicted molar refractivity (Wildman–Crippen MR) is 85.7 cm³/mol. The molecule has 1 aliphatic heterocycles. The largest absolute Gasteiger partial charge is 0.328 e. The van der Waals surface area contributed by atoms with E-state index in [1.807, 2.05) is 13.1 Å². The van der Waals surface area contributed by atoms with E-state index in [1.54, 1.807) is 29.2 Å². The number of amides is 2. The van der Waals surface area contributed by atoms with Crippen LogP contribution in [-0.4, -0.2) is 26.7 Å². The molecule has 1 aromatic heterocycles. The molecule has 0 saturated heterocycles. The first-order chi connectivity index (χ1) is 11.1. The van der Waals surface area contributed by atoms with Crippen molar-refractivity contribution in [1.29, 1.82) is 0 Å². The maximum atomic E-state index is 12.7. The molecule has 1 N–H and O–H groups in total. The minimum atomic E-state index is -0.162. The monoisotopic (exact) mass is 310 g/mol. The molecular formula is C17H18N4O2. The van der Waals surface area contributed by atoms with Crippen molar-refractivity contribution in [2.45, 2.75) is 33.4 Å². The van der Waals surface area contributed by atoms with Gasteiger partial charge in [-0.05, 0) is 18.2 Å². The van der Waals surface area contributed by atoms with Gasteiger partial charge < -0.3 is 10.2 Å². The van der Waals surface area contributed by atoms with Crippen LogP contribution < -0.4 is 5.32 Å². The Labute approximate surface area is 134 Å². The molecule has 23 heavy (non-hydrogen) atoms. The topological polar surface area (TPSA) is 75.2 Å². The smallest absolute Gasteiger partial charge is 0.254 e. The van der Waals surface area contributed by atoms with E-state index >= 15 is 0 Å². The van der Waals surface area contributed by atoms with Gasteiger partial charge in [-0.3, -0.25) is 9.59 Å². The van der Waals surface area contributed by atoms with Crippen molar-refractivity contribution in [3.8, 4) is 0 Å². The Balaban J connectivity index is 1.78. The first-order valence-corrected chi connectivity index (χ1v) is 7.57. The zero-order valence-electron chi connectivity index (χ0n) is 13.2. The fourth-order valence-corrected chi connectivity index (χ4v) is 2.62. The van der Waals surface area contributed by atoms with E-state index in [9.17, 15) is 9.59 Å². The van der Waals surface area contributed by atoms with Crippen LogP contribution in [0.1, 0.15) is 41.3 Å².